The van der Waals surface area contributed by atoms with Gasteiger partial charge in [0.15, 0.2) is 0 Å². The zero-order valence-corrected chi connectivity index (χ0v) is 17.5. The lowest BCUT2D eigenvalue weighted by Gasteiger charge is -2.35. The van der Waals surface area contributed by atoms with Gasteiger partial charge in [-0.15, -0.1) is 0 Å². The number of amides is 2. The molecule has 0 saturated carbocycles. The standard InChI is InChI=1S/C20H22ClN3O4S/c1-15(22-19(25)16-6-3-2-4-7-16)20(26)23-10-12-24(13-11-23)29(27,28)18-9-5-8-17(21)14-18/h2-9,14-15H,10-13H2,1H3,(H,22,25)/t15-/m0/s1. The van der Waals surface area contributed by atoms with Crippen molar-refractivity contribution in [2.24, 2.45) is 0 Å². The monoisotopic (exact) mass is 435 g/mol. The van der Waals surface area contributed by atoms with Crippen LogP contribution in [0.15, 0.2) is 59.5 Å². The Labute approximate surface area is 175 Å². The van der Waals surface area contributed by atoms with E-state index < -0.39 is 16.1 Å². The first-order valence-corrected chi connectivity index (χ1v) is 11.0. The van der Waals surface area contributed by atoms with Crippen molar-refractivity contribution >= 4 is 33.4 Å². The molecule has 2 aromatic carbocycles. The second-order valence-corrected chi connectivity index (χ2v) is 9.12. The number of hydrogen-bond donors (Lipinski definition) is 1. The summed E-state index contributed by atoms with van der Waals surface area (Å²) in [5.41, 5.74) is 0.476. The Morgan fingerprint density at radius 3 is 2.28 bits per heavy atom. The molecule has 1 aliphatic heterocycles. The molecule has 0 radical (unpaired) electrons. The van der Waals surface area contributed by atoms with Gasteiger partial charge < -0.3 is 10.2 Å². The second-order valence-electron chi connectivity index (χ2n) is 6.75. The summed E-state index contributed by atoms with van der Waals surface area (Å²) in [6, 6.07) is 14.1. The van der Waals surface area contributed by atoms with E-state index in [-0.39, 0.29) is 42.9 Å². The molecule has 2 aromatic rings. The van der Waals surface area contributed by atoms with E-state index >= 15 is 0 Å². The molecule has 0 bridgehead atoms. The fraction of sp³-hybridized carbons (Fsp3) is 0.300. The Balaban J connectivity index is 1.58. The molecule has 1 atom stereocenters. The lowest BCUT2D eigenvalue weighted by molar-refractivity contribution is -0.134. The van der Waals surface area contributed by atoms with E-state index in [1.807, 2.05) is 6.07 Å². The average Bonchev–Trinajstić information content (AvgIpc) is 2.74. The predicted octanol–water partition coefficient (Wildman–Crippen LogP) is 1.99. The van der Waals surface area contributed by atoms with Gasteiger partial charge in [-0.1, -0.05) is 35.9 Å². The minimum atomic E-state index is -3.67. The summed E-state index contributed by atoms with van der Waals surface area (Å²) in [4.78, 5) is 26.6. The van der Waals surface area contributed by atoms with Crippen LogP contribution in [0, 0.1) is 0 Å². The minimum Gasteiger partial charge on any atom is -0.341 e. The van der Waals surface area contributed by atoms with Crippen molar-refractivity contribution in [3.8, 4) is 0 Å². The van der Waals surface area contributed by atoms with E-state index in [1.54, 1.807) is 48.2 Å². The van der Waals surface area contributed by atoms with Crippen molar-refractivity contribution < 1.29 is 18.0 Å². The first-order chi connectivity index (χ1) is 13.8. The van der Waals surface area contributed by atoms with Crippen LogP contribution in [0.4, 0.5) is 0 Å². The third-order valence-corrected chi connectivity index (χ3v) is 6.87. The van der Waals surface area contributed by atoms with Crippen molar-refractivity contribution in [3.63, 3.8) is 0 Å². The maximum Gasteiger partial charge on any atom is 0.251 e. The first kappa shape index (κ1) is 21.3. The number of nitrogens with one attached hydrogen (secondary N) is 1. The predicted molar refractivity (Wildman–Crippen MR) is 110 cm³/mol. The SMILES string of the molecule is C[C@H](NC(=O)c1ccccc1)C(=O)N1CCN(S(=O)(=O)c2cccc(Cl)c2)CC1. The lowest BCUT2D eigenvalue weighted by atomic mass is 10.2. The van der Waals surface area contributed by atoms with Gasteiger partial charge in [-0.2, -0.15) is 4.31 Å². The van der Waals surface area contributed by atoms with E-state index in [9.17, 15) is 18.0 Å². The number of sulfonamides is 1. The molecular weight excluding hydrogens is 414 g/mol. The minimum absolute atomic E-state index is 0.133. The molecule has 0 unspecified atom stereocenters. The molecule has 1 fully saturated rings. The fourth-order valence-electron chi connectivity index (χ4n) is 3.13. The molecule has 3 rings (SSSR count). The molecule has 0 aromatic heterocycles. The Morgan fingerprint density at radius 1 is 1.00 bits per heavy atom. The van der Waals surface area contributed by atoms with Crippen molar-refractivity contribution in [2.45, 2.75) is 17.9 Å². The van der Waals surface area contributed by atoms with Crippen LogP contribution in [0.3, 0.4) is 0 Å². The van der Waals surface area contributed by atoms with Crippen LogP contribution < -0.4 is 5.32 Å². The van der Waals surface area contributed by atoms with Crippen LogP contribution in [0.1, 0.15) is 17.3 Å². The molecule has 1 saturated heterocycles. The zero-order valence-electron chi connectivity index (χ0n) is 15.9. The van der Waals surface area contributed by atoms with Crippen LogP contribution in [-0.4, -0.2) is 61.7 Å². The van der Waals surface area contributed by atoms with Crippen LogP contribution >= 0.6 is 11.6 Å². The van der Waals surface area contributed by atoms with Crippen molar-refractivity contribution in [1.82, 2.24) is 14.5 Å². The number of piperazine rings is 1. The summed E-state index contributed by atoms with van der Waals surface area (Å²) < 4.78 is 26.9. The van der Waals surface area contributed by atoms with Crippen LogP contribution in [0.25, 0.3) is 0 Å². The molecular formula is C20H22ClN3O4S. The van der Waals surface area contributed by atoms with Gasteiger partial charge in [0.1, 0.15) is 6.04 Å². The van der Waals surface area contributed by atoms with Gasteiger partial charge in [-0.25, -0.2) is 8.42 Å². The number of nitrogens with zero attached hydrogens (tertiary/aromatic N) is 2. The van der Waals surface area contributed by atoms with Crippen molar-refractivity contribution in [1.29, 1.82) is 0 Å². The third-order valence-electron chi connectivity index (χ3n) is 4.74. The average molecular weight is 436 g/mol. The molecule has 1 N–H and O–H groups in total. The Hall–Kier alpha value is -2.42. The first-order valence-electron chi connectivity index (χ1n) is 9.19. The highest BCUT2D eigenvalue weighted by molar-refractivity contribution is 7.89. The van der Waals surface area contributed by atoms with E-state index in [0.29, 0.717) is 10.6 Å². The maximum absolute atomic E-state index is 12.8. The van der Waals surface area contributed by atoms with E-state index in [1.165, 1.54) is 16.4 Å². The molecule has 1 aliphatic rings. The van der Waals surface area contributed by atoms with Crippen LogP contribution in [0.5, 0.6) is 0 Å². The number of carbonyl (C=O) groups is 2. The van der Waals surface area contributed by atoms with Crippen molar-refractivity contribution in [3.05, 3.63) is 65.2 Å². The van der Waals surface area contributed by atoms with Gasteiger partial charge in [-0.05, 0) is 37.3 Å². The molecule has 1 heterocycles. The van der Waals surface area contributed by atoms with Crippen LogP contribution in [-0.2, 0) is 14.8 Å². The van der Waals surface area contributed by atoms with Gasteiger partial charge in [0, 0.05) is 36.8 Å². The number of hydrogen-bond acceptors (Lipinski definition) is 4. The number of benzene rings is 2. The summed E-state index contributed by atoms with van der Waals surface area (Å²) in [6.45, 7) is 2.49. The highest BCUT2D eigenvalue weighted by atomic mass is 35.5. The topological polar surface area (TPSA) is 86.8 Å². The molecule has 9 heteroatoms. The summed E-state index contributed by atoms with van der Waals surface area (Å²) in [5.74, 6) is -0.567. The van der Waals surface area contributed by atoms with Gasteiger partial charge in [-0.3, -0.25) is 9.59 Å². The Bertz CT molecular complexity index is 990. The summed E-state index contributed by atoms with van der Waals surface area (Å²) in [6.07, 6.45) is 0. The van der Waals surface area contributed by atoms with Gasteiger partial charge >= 0.3 is 0 Å². The number of halogens is 1. The molecule has 29 heavy (non-hydrogen) atoms. The van der Waals surface area contributed by atoms with E-state index in [0.717, 1.165) is 0 Å². The fourth-order valence-corrected chi connectivity index (χ4v) is 4.85. The quantitative estimate of drug-likeness (QED) is 0.778. The van der Waals surface area contributed by atoms with Gasteiger partial charge in [0.05, 0.1) is 4.90 Å². The lowest BCUT2D eigenvalue weighted by Crippen LogP contribution is -2.55. The molecule has 0 aliphatic carbocycles. The van der Waals surface area contributed by atoms with Gasteiger partial charge in [0.25, 0.3) is 5.91 Å². The summed E-state index contributed by atoms with van der Waals surface area (Å²) in [5, 5.41) is 3.04. The molecule has 7 nitrogen and oxygen atoms in total. The number of carbonyl (C=O) groups excluding carboxylic acids is 2. The smallest absolute Gasteiger partial charge is 0.251 e. The number of rotatable bonds is 5. The highest BCUT2D eigenvalue weighted by Gasteiger charge is 2.32. The summed E-state index contributed by atoms with van der Waals surface area (Å²) >= 11 is 5.90. The summed E-state index contributed by atoms with van der Waals surface area (Å²) in [7, 11) is -3.67. The van der Waals surface area contributed by atoms with Crippen molar-refractivity contribution in [2.75, 3.05) is 26.2 Å². The van der Waals surface area contributed by atoms with E-state index in [2.05, 4.69) is 5.32 Å². The van der Waals surface area contributed by atoms with Crippen LogP contribution in [0.2, 0.25) is 5.02 Å². The third kappa shape index (κ3) is 4.95. The molecule has 0 spiro atoms. The van der Waals surface area contributed by atoms with E-state index in [4.69, 9.17) is 11.6 Å². The molecule has 2 amide bonds. The molecule has 154 valence electrons. The normalized spacial score (nSPS) is 16.3. The largest absolute Gasteiger partial charge is 0.341 e. The zero-order chi connectivity index (χ0) is 21.0. The second kappa shape index (κ2) is 8.94. The van der Waals surface area contributed by atoms with Gasteiger partial charge in [0.2, 0.25) is 15.9 Å². The Morgan fingerprint density at radius 2 is 1.66 bits per heavy atom. The Kier molecular flexibility index (Phi) is 6.56. The highest BCUT2D eigenvalue weighted by Crippen LogP contribution is 2.21. The maximum atomic E-state index is 12.8.